The van der Waals surface area contributed by atoms with Gasteiger partial charge in [-0.2, -0.15) is 0 Å². The second-order valence-electron chi connectivity index (χ2n) is 5.52. The molecule has 0 aliphatic rings. The van der Waals surface area contributed by atoms with Crippen molar-refractivity contribution in [3.63, 3.8) is 0 Å². The Morgan fingerprint density at radius 2 is 1.84 bits per heavy atom. The molecule has 19 heavy (non-hydrogen) atoms. The van der Waals surface area contributed by atoms with Crippen molar-refractivity contribution in [2.75, 3.05) is 18.4 Å². The Kier molecular flexibility index (Phi) is 4.16. The molecule has 2 aromatic rings. The van der Waals surface area contributed by atoms with Crippen LogP contribution < -0.4 is 10.6 Å². The monoisotopic (exact) mass is 259 g/mol. The van der Waals surface area contributed by atoms with Crippen LogP contribution in [0.1, 0.15) is 20.8 Å². The average Bonchev–Trinajstić information content (AvgIpc) is 2.88. The molecular weight excluding hydrogens is 238 g/mol. The standard InChI is InChI=1S/C14H21N5/c1-14(2,3)16-8-7-15-12-5-4-6-13(9-12)19-10-17-18-11-19/h4-6,9-11,15-16H,7-8H2,1-3H3. The Labute approximate surface area is 114 Å². The Morgan fingerprint density at radius 1 is 1.11 bits per heavy atom. The molecule has 5 nitrogen and oxygen atoms in total. The van der Waals surface area contributed by atoms with Gasteiger partial charge in [0, 0.05) is 24.3 Å². The first kappa shape index (κ1) is 13.5. The maximum Gasteiger partial charge on any atom is 0.123 e. The lowest BCUT2D eigenvalue weighted by atomic mass is 10.1. The van der Waals surface area contributed by atoms with Crippen LogP contribution >= 0.6 is 0 Å². The molecule has 0 spiro atoms. The zero-order valence-electron chi connectivity index (χ0n) is 11.7. The third kappa shape index (κ3) is 4.37. The predicted octanol–water partition coefficient (Wildman–Crippen LogP) is 2.07. The van der Waals surface area contributed by atoms with E-state index in [1.165, 1.54) is 0 Å². The van der Waals surface area contributed by atoms with Crippen molar-refractivity contribution < 1.29 is 0 Å². The number of hydrogen-bond acceptors (Lipinski definition) is 4. The van der Waals surface area contributed by atoms with Gasteiger partial charge < -0.3 is 10.6 Å². The molecule has 2 rings (SSSR count). The molecule has 0 fully saturated rings. The zero-order chi connectivity index (χ0) is 13.7. The molecule has 5 heteroatoms. The van der Waals surface area contributed by atoms with Crippen LogP contribution in [-0.2, 0) is 0 Å². The van der Waals surface area contributed by atoms with Crippen molar-refractivity contribution in [2.45, 2.75) is 26.3 Å². The number of nitrogens with zero attached hydrogens (tertiary/aromatic N) is 3. The number of benzene rings is 1. The molecule has 1 aromatic heterocycles. The van der Waals surface area contributed by atoms with E-state index in [-0.39, 0.29) is 5.54 Å². The second-order valence-corrected chi connectivity index (χ2v) is 5.52. The van der Waals surface area contributed by atoms with Crippen LogP contribution in [-0.4, -0.2) is 33.4 Å². The molecule has 0 radical (unpaired) electrons. The summed E-state index contributed by atoms with van der Waals surface area (Å²) in [6.45, 7) is 8.32. The molecule has 0 unspecified atom stereocenters. The maximum absolute atomic E-state index is 3.81. The number of hydrogen-bond donors (Lipinski definition) is 2. The van der Waals surface area contributed by atoms with Gasteiger partial charge in [0.05, 0.1) is 5.69 Å². The lowest BCUT2D eigenvalue weighted by molar-refractivity contribution is 0.435. The molecule has 0 atom stereocenters. The highest BCUT2D eigenvalue weighted by atomic mass is 15.2. The van der Waals surface area contributed by atoms with Gasteiger partial charge in [-0.05, 0) is 39.0 Å². The van der Waals surface area contributed by atoms with E-state index in [4.69, 9.17) is 0 Å². The number of nitrogens with one attached hydrogen (secondary N) is 2. The number of anilines is 1. The summed E-state index contributed by atoms with van der Waals surface area (Å²) >= 11 is 0. The quantitative estimate of drug-likeness (QED) is 0.807. The first-order valence-electron chi connectivity index (χ1n) is 6.48. The Bertz CT molecular complexity index is 499. The van der Waals surface area contributed by atoms with Crippen LogP contribution in [0.5, 0.6) is 0 Å². The van der Waals surface area contributed by atoms with Crippen molar-refractivity contribution in [1.29, 1.82) is 0 Å². The van der Waals surface area contributed by atoms with Crippen molar-refractivity contribution in [3.05, 3.63) is 36.9 Å². The van der Waals surface area contributed by atoms with E-state index in [1.54, 1.807) is 12.7 Å². The van der Waals surface area contributed by atoms with Gasteiger partial charge in [0.1, 0.15) is 12.7 Å². The minimum absolute atomic E-state index is 0.159. The Morgan fingerprint density at radius 3 is 2.53 bits per heavy atom. The topological polar surface area (TPSA) is 54.8 Å². The molecule has 2 N–H and O–H groups in total. The predicted molar refractivity (Wildman–Crippen MR) is 77.6 cm³/mol. The smallest absolute Gasteiger partial charge is 0.123 e. The van der Waals surface area contributed by atoms with Crippen LogP contribution in [0.25, 0.3) is 5.69 Å². The maximum atomic E-state index is 3.81. The van der Waals surface area contributed by atoms with Crippen molar-refractivity contribution in [2.24, 2.45) is 0 Å². The molecule has 0 aliphatic carbocycles. The fourth-order valence-electron chi connectivity index (χ4n) is 1.75. The van der Waals surface area contributed by atoms with Crippen LogP contribution in [0.3, 0.4) is 0 Å². The SMILES string of the molecule is CC(C)(C)NCCNc1cccc(-n2cnnc2)c1. The van der Waals surface area contributed by atoms with E-state index < -0.39 is 0 Å². The van der Waals surface area contributed by atoms with Crippen LogP contribution in [0.2, 0.25) is 0 Å². The minimum atomic E-state index is 0.159. The highest BCUT2D eigenvalue weighted by molar-refractivity contribution is 5.50. The number of rotatable bonds is 5. The van der Waals surface area contributed by atoms with Gasteiger partial charge in [-0.3, -0.25) is 4.57 Å². The molecule has 0 amide bonds. The summed E-state index contributed by atoms with van der Waals surface area (Å²) in [4.78, 5) is 0. The molecule has 0 saturated heterocycles. The summed E-state index contributed by atoms with van der Waals surface area (Å²) in [6, 6.07) is 8.20. The van der Waals surface area contributed by atoms with E-state index in [1.807, 2.05) is 16.7 Å². The van der Waals surface area contributed by atoms with Gasteiger partial charge >= 0.3 is 0 Å². The van der Waals surface area contributed by atoms with E-state index in [9.17, 15) is 0 Å². The van der Waals surface area contributed by atoms with Gasteiger partial charge in [-0.15, -0.1) is 10.2 Å². The van der Waals surface area contributed by atoms with Gasteiger partial charge in [0.15, 0.2) is 0 Å². The van der Waals surface area contributed by atoms with Crippen LogP contribution in [0.15, 0.2) is 36.9 Å². The summed E-state index contributed by atoms with van der Waals surface area (Å²) in [7, 11) is 0. The van der Waals surface area contributed by atoms with Gasteiger partial charge in [0.25, 0.3) is 0 Å². The Balaban J connectivity index is 1.89. The van der Waals surface area contributed by atoms with E-state index in [0.717, 1.165) is 24.5 Å². The third-order valence-electron chi connectivity index (χ3n) is 2.67. The lowest BCUT2D eigenvalue weighted by Crippen LogP contribution is -2.38. The van der Waals surface area contributed by atoms with Gasteiger partial charge in [-0.1, -0.05) is 6.07 Å². The first-order chi connectivity index (χ1) is 9.04. The average molecular weight is 259 g/mol. The fraction of sp³-hybridized carbons (Fsp3) is 0.429. The highest BCUT2D eigenvalue weighted by Crippen LogP contribution is 2.13. The fourth-order valence-corrected chi connectivity index (χ4v) is 1.75. The third-order valence-corrected chi connectivity index (χ3v) is 2.67. The molecule has 0 bridgehead atoms. The van der Waals surface area contributed by atoms with Gasteiger partial charge in [-0.25, -0.2) is 0 Å². The zero-order valence-corrected chi connectivity index (χ0v) is 11.7. The van der Waals surface area contributed by atoms with Gasteiger partial charge in [0.2, 0.25) is 0 Å². The van der Waals surface area contributed by atoms with Crippen LogP contribution in [0.4, 0.5) is 5.69 Å². The Hall–Kier alpha value is -1.88. The van der Waals surface area contributed by atoms with Crippen molar-refractivity contribution in [3.8, 4) is 5.69 Å². The van der Waals surface area contributed by atoms with E-state index in [0.29, 0.717) is 0 Å². The minimum Gasteiger partial charge on any atom is -0.384 e. The van der Waals surface area contributed by atoms with E-state index >= 15 is 0 Å². The first-order valence-corrected chi connectivity index (χ1v) is 6.48. The molecular formula is C14H21N5. The largest absolute Gasteiger partial charge is 0.384 e. The molecule has 1 heterocycles. The summed E-state index contributed by atoms with van der Waals surface area (Å²) in [5, 5.41) is 14.5. The van der Waals surface area contributed by atoms with Crippen molar-refractivity contribution >= 4 is 5.69 Å². The van der Waals surface area contributed by atoms with Crippen molar-refractivity contribution in [1.82, 2.24) is 20.1 Å². The highest BCUT2D eigenvalue weighted by Gasteiger charge is 2.07. The molecule has 1 aromatic carbocycles. The molecule has 102 valence electrons. The summed E-state index contributed by atoms with van der Waals surface area (Å²) < 4.78 is 1.89. The number of aromatic nitrogens is 3. The van der Waals surface area contributed by atoms with Crippen LogP contribution in [0, 0.1) is 0 Å². The summed E-state index contributed by atoms with van der Waals surface area (Å²) in [6.07, 6.45) is 3.39. The molecule has 0 aliphatic heterocycles. The summed E-state index contributed by atoms with van der Waals surface area (Å²) in [5.41, 5.74) is 2.31. The van der Waals surface area contributed by atoms with E-state index in [2.05, 4.69) is 53.7 Å². The lowest BCUT2D eigenvalue weighted by Gasteiger charge is -2.20. The summed E-state index contributed by atoms with van der Waals surface area (Å²) in [5.74, 6) is 0. The second kappa shape index (κ2) is 5.84. The normalized spacial score (nSPS) is 11.5. The molecule has 0 saturated carbocycles.